The molecule has 3 rings (SSSR count). The molecule has 0 aliphatic rings. The van der Waals surface area contributed by atoms with E-state index in [2.05, 4.69) is 15.5 Å². The van der Waals surface area contributed by atoms with Crippen LogP contribution in [0.4, 0.5) is 0 Å². The van der Waals surface area contributed by atoms with E-state index in [0.29, 0.717) is 22.4 Å². The van der Waals surface area contributed by atoms with E-state index in [1.807, 2.05) is 57.2 Å². The molecule has 1 N–H and O–H groups in total. The summed E-state index contributed by atoms with van der Waals surface area (Å²) >= 11 is 0. The second-order valence-electron chi connectivity index (χ2n) is 5.57. The molecular weight excluding hydrogens is 290 g/mol. The molecule has 0 aliphatic carbocycles. The molecule has 0 aliphatic heterocycles. The number of benzene rings is 1. The van der Waals surface area contributed by atoms with Gasteiger partial charge in [0.25, 0.3) is 11.6 Å². The van der Waals surface area contributed by atoms with Crippen molar-refractivity contribution in [3.63, 3.8) is 0 Å². The Morgan fingerprint density at radius 3 is 2.74 bits per heavy atom. The molecule has 5 heteroatoms. The van der Waals surface area contributed by atoms with Crippen molar-refractivity contribution < 1.29 is 9.32 Å². The predicted molar refractivity (Wildman–Crippen MR) is 88.2 cm³/mol. The van der Waals surface area contributed by atoms with E-state index >= 15 is 0 Å². The SMILES string of the molecule is CCc1cc(C(=O)NC(C)c2ccccc2)c2c(C)noc2n1. The van der Waals surface area contributed by atoms with Crippen molar-refractivity contribution in [2.24, 2.45) is 0 Å². The van der Waals surface area contributed by atoms with Crippen LogP contribution < -0.4 is 5.32 Å². The molecule has 0 saturated heterocycles. The highest BCUT2D eigenvalue weighted by Gasteiger charge is 2.19. The minimum absolute atomic E-state index is 0.0860. The van der Waals surface area contributed by atoms with Crippen molar-refractivity contribution in [2.45, 2.75) is 33.2 Å². The van der Waals surface area contributed by atoms with E-state index in [-0.39, 0.29) is 11.9 Å². The van der Waals surface area contributed by atoms with Gasteiger partial charge in [0.2, 0.25) is 0 Å². The zero-order valence-electron chi connectivity index (χ0n) is 13.5. The number of hydrogen-bond donors (Lipinski definition) is 1. The van der Waals surface area contributed by atoms with Crippen molar-refractivity contribution >= 4 is 17.0 Å². The van der Waals surface area contributed by atoms with Crippen LogP contribution in [0.2, 0.25) is 0 Å². The molecule has 1 amide bonds. The van der Waals surface area contributed by atoms with Gasteiger partial charge in [0.15, 0.2) is 0 Å². The van der Waals surface area contributed by atoms with Crippen LogP contribution in [0.3, 0.4) is 0 Å². The number of carbonyl (C=O) groups excluding carboxylic acids is 1. The number of carbonyl (C=O) groups is 1. The summed E-state index contributed by atoms with van der Waals surface area (Å²) in [7, 11) is 0. The van der Waals surface area contributed by atoms with Crippen molar-refractivity contribution in [1.82, 2.24) is 15.5 Å². The molecule has 0 saturated carbocycles. The maximum Gasteiger partial charge on any atom is 0.258 e. The van der Waals surface area contributed by atoms with Crippen molar-refractivity contribution in [1.29, 1.82) is 0 Å². The molecule has 0 radical (unpaired) electrons. The Kier molecular flexibility index (Phi) is 4.10. The van der Waals surface area contributed by atoms with E-state index in [0.717, 1.165) is 17.7 Å². The van der Waals surface area contributed by atoms with Crippen molar-refractivity contribution in [3.05, 3.63) is 58.9 Å². The number of nitrogens with one attached hydrogen (secondary N) is 1. The fourth-order valence-electron chi connectivity index (χ4n) is 2.61. The fourth-order valence-corrected chi connectivity index (χ4v) is 2.61. The van der Waals surface area contributed by atoms with Crippen molar-refractivity contribution in [3.8, 4) is 0 Å². The van der Waals surface area contributed by atoms with Gasteiger partial charge in [0.05, 0.1) is 22.7 Å². The number of aryl methyl sites for hydroxylation is 2. The first-order chi connectivity index (χ1) is 11.1. The number of rotatable bonds is 4. The molecule has 2 heterocycles. The number of aromatic nitrogens is 2. The maximum absolute atomic E-state index is 12.8. The van der Waals surface area contributed by atoms with Crippen LogP contribution in [0.15, 0.2) is 40.9 Å². The monoisotopic (exact) mass is 309 g/mol. The zero-order chi connectivity index (χ0) is 16.4. The largest absolute Gasteiger partial charge is 0.345 e. The van der Waals surface area contributed by atoms with E-state index in [1.165, 1.54) is 0 Å². The smallest absolute Gasteiger partial charge is 0.258 e. The first-order valence-electron chi connectivity index (χ1n) is 7.72. The number of amides is 1. The van der Waals surface area contributed by atoms with Crippen LogP contribution in [-0.2, 0) is 6.42 Å². The topological polar surface area (TPSA) is 68.0 Å². The molecule has 1 atom stereocenters. The lowest BCUT2D eigenvalue weighted by atomic mass is 10.1. The third-order valence-electron chi connectivity index (χ3n) is 3.92. The molecule has 118 valence electrons. The van der Waals surface area contributed by atoms with E-state index in [4.69, 9.17) is 4.52 Å². The average Bonchev–Trinajstić information content (AvgIpc) is 2.95. The summed E-state index contributed by atoms with van der Waals surface area (Å²) in [6.07, 6.45) is 0.726. The molecule has 23 heavy (non-hydrogen) atoms. The number of pyridine rings is 1. The third-order valence-corrected chi connectivity index (χ3v) is 3.92. The second-order valence-corrected chi connectivity index (χ2v) is 5.57. The summed E-state index contributed by atoms with van der Waals surface area (Å²) < 4.78 is 5.23. The zero-order valence-corrected chi connectivity index (χ0v) is 13.5. The predicted octanol–water partition coefficient (Wildman–Crippen LogP) is 3.58. The van der Waals surface area contributed by atoms with Gasteiger partial charge in [-0.05, 0) is 31.9 Å². The number of nitrogens with zero attached hydrogens (tertiary/aromatic N) is 2. The van der Waals surface area contributed by atoms with E-state index in [9.17, 15) is 4.79 Å². The maximum atomic E-state index is 12.8. The summed E-state index contributed by atoms with van der Waals surface area (Å²) in [6, 6.07) is 11.6. The van der Waals surface area contributed by atoms with Gasteiger partial charge in [-0.3, -0.25) is 4.79 Å². The van der Waals surface area contributed by atoms with Crippen LogP contribution in [0.1, 0.15) is 47.2 Å². The third kappa shape index (κ3) is 2.95. The Hall–Kier alpha value is -2.69. The van der Waals surface area contributed by atoms with Crippen molar-refractivity contribution in [2.75, 3.05) is 0 Å². The number of fused-ring (bicyclic) bond motifs is 1. The summed E-state index contributed by atoms with van der Waals surface area (Å²) in [5.74, 6) is -0.144. The Balaban J connectivity index is 1.96. The van der Waals surface area contributed by atoms with E-state index < -0.39 is 0 Å². The molecule has 0 fully saturated rings. The summed E-state index contributed by atoms with van der Waals surface area (Å²) in [5, 5.41) is 7.65. The molecule has 1 aromatic carbocycles. The van der Waals surface area contributed by atoms with Gasteiger partial charge >= 0.3 is 0 Å². The van der Waals surface area contributed by atoms with Crippen LogP contribution in [0.25, 0.3) is 11.1 Å². The Bertz CT molecular complexity index is 840. The minimum atomic E-state index is -0.144. The highest BCUT2D eigenvalue weighted by atomic mass is 16.5. The molecule has 2 aromatic heterocycles. The Morgan fingerprint density at radius 2 is 2.04 bits per heavy atom. The van der Waals surface area contributed by atoms with Gasteiger partial charge in [-0.15, -0.1) is 0 Å². The van der Waals surface area contributed by atoms with Gasteiger partial charge in [-0.25, -0.2) is 4.98 Å². The van der Waals surface area contributed by atoms with Gasteiger partial charge < -0.3 is 9.84 Å². The lowest BCUT2D eigenvalue weighted by Crippen LogP contribution is -2.27. The van der Waals surface area contributed by atoms with Crippen LogP contribution >= 0.6 is 0 Å². The lowest BCUT2D eigenvalue weighted by molar-refractivity contribution is 0.0941. The lowest BCUT2D eigenvalue weighted by Gasteiger charge is -2.15. The average molecular weight is 309 g/mol. The molecule has 0 spiro atoms. The highest BCUT2D eigenvalue weighted by Crippen LogP contribution is 2.23. The highest BCUT2D eigenvalue weighted by molar-refractivity contribution is 6.06. The Morgan fingerprint density at radius 1 is 1.30 bits per heavy atom. The van der Waals surface area contributed by atoms with Crippen LogP contribution in [0, 0.1) is 6.92 Å². The quantitative estimate of drug-likeness (QED) is 0.799. The minimum Gasteiger partial charge on any atom is -0.345 e. The molecule has 1 unspecified atom stereocenters. The summed E-state index contributed by atoms with van der Waals surface area (Å²) in [5.41, 5.74) is 3.52. The summed E-state index contributed by atoms with van der Waals surface area (Å²) in [6.45, 7) is 5.77. The molecule has 3 aromatic rings. The van der Waals surface area contributed by atoms with Gasteiger partial charge in [0, 0.05) is 5.69 Å². The molecule has 0 bridgehead atoms. The van der Waals surface area contributed by atoms with Crippen LogP contribution in [-0.4, -0.2) is 16.0 Å². The second kappa shape index (κ2) is 6.20. The standard InChI is InChI=1S/C18H19N3O2/c1-4-14-10-15(16-12(3)21-23-18(16)20-14)17(22)19-11(2)13-8-6-5-7-9-13/h5-11H,4H2,1-3H3,(H,19,22). The first kappa shape index (κ1) is 15.2. The van der Waals surface area contributed by atoms with Gasteiger partial charge in [0.1, 0.15) is 0 Å². The fraction of sp³-hybridized carbons (Fsp3) is 0.278. The summed E-state index contributed by atoms with van der Waals surface area (Å²) in [4.78, 5) is 17.1. The molecule has 5 nitrogen and oxygen atoms in total. The molecular formula is C18H19N3O2. The first-order valence-corrected chi connectivity index (χ1v) is 7.72. The van der Waals surface area contributed by atoms with E-state index in [1.54, 1.807) is 0 Å². The normalized spacial score (nSPS) is 12.3. The Labute approximate surface area is 134 Å². The van der Waals surface area contributed by atoms with Crippen LogP contribution in [0.5, 0.6) is 0 Å². The number of hydrogen-bond acceptors (Lipinski definition) is 4. The van der Waals surface area contributed by atoms with Gasteiger partial charge in [-0.1, -0.05) is 42.4 Å². The van der Waals surface area contributed by atoms with Gasteiger partial charge in [-0.2, -0.15) is 0 Å².